The first-order valence-corrected chi connectivity index (χ1v) is 8.32. The van der Waals surface area contributed by atoms with Gasteiger partial charge in [-0.05, 0) is 31.4 Å². The molecule has 116 valence electrons. The fourth-order valence-corrected chi connectivity index (χ4v) is 4.44. The van der Waals surface area contributed by atoms with Crippen LogP contribution in [-0.2, 0) is 10.0 Å². The van der Waals surface area contributed by atoms with Crippen molar-refractivity contribution < 1.29 is 23.4 Å². The Hall–Kier alpha value is -0.860. The Morgan fingerprint density at radius 1 is 1.29 bits per heavy atom. The maximum Gasteiger partial charge on any atom is 0.337 e. The molecule has 0 heterocycles. The summed E-state index contributed by atoms with van der Waals surface area (Å²) in [5.41, 5.74) is -1.25. The smallest absolute Gasteiger partial charge is 0.337 e. The van der Waals surface area contributed by atoms with Crippen LogP contribution in [0, 0.1) is 0 Å². The van der Waals surface area contributed by atoms with Gasteiger partial charge in [0.15, 0.2) is 0 Å². The number of halogens is 2. The molecule has 0 unspecified atom stereocenters. The highest BCUT2D eigenvalue weighted by molar-refractivity contribution is 7.89. The summed E-state index contributed by atoms with van der Waals surface area (Å²) in [5, 5.41) is 18.0. The van der Waals surface area contributed by atoms with Gasteiger partial charge in [0.2, 0.25) is 10.0 Å². The summed E-state index contributed by atoms with van der Waals surface area (Å²) in [6, 6.07) is 1.99. The first-order valence-electron chi connectivity index (χ1n) is 6.08. The van der Waals surface area contributed by atoms with Gasteiger partial charge in [0.05, 0.1) is 27.8 Å². The van der Waals surface area contributed by atoms with E-state index in [0.717, 1.165) is 18.6 Å². The van der Waals surface area contributed by atoms with Gasteiger partial charge in [-0.1, -0.05) is 23.2 Å². The van der Waals surface area contributed by atoms with Crippen LogP contribution in [0.4, 0.5) is 0 Å². The number of aromatic carboxylic acids is 1. The number of hydrogen-bond acceptors (Lipinski definition) is 4. The number of benzene rings is 1. The van der Waals surface area contributed by atoms with E-state index in [9.17, 15) is 18.3 Å². The fraction of sp³-hybridized carbons (Fsp3) is 0.417. The molecule has 1 aromatic rings. The van der Waals surface area contributed by atoms with Gasteiger partial charge in [-0.15, -0.1) is 0 Å². The molecular formula is C12H13Cl2NO5S. The molecule has 2 rings (SSSR count). The van der Waals surface area contributed by atoms with Crippen LogP contribution >= 0.6 is 23.2 Å². The molecule has 0 spiro atoms. The third-order valence-electron chi connectivity index (χ3n) is 3.51. The van der Waals surface area contributed by atoms with E-state index in [1.54, 1.807) is 0 Å². The molecule has 1 fully saturated rings. The summed E-state index contributed by atoms with van der Waals surface area (Å²) in [6.07, 6.45) is 1.83. The van der Waals surface area contributed by atoms with Crippen LogP contribution in [0.3, 0.4) is 0 Å². The Morgan fingerprint density at radius 3 is 2.33 bits per heavy atom. The summed E-state index contributed by atoms with van der Waals surface area (Å²) >= 11 is 11.6. The van der Waals surface area contributed by atoms with Gasteiger partial charge in [0.1, 0.15) is 4.90 Å². The third-order valence-corrected chi connectivity index (χ3v) is 5.86. The lowest BCUT2D eigenvalue weighted by Gasteiger charge is -2.40. The van der Waals surface area contributed by atoms with Gasteiger partial charge < -0.3 is 10.2 Å². The van der Waals surface area contributed by atoms with E-state index in [2.05, 4.69) is 4.72 Å². The number of aliphatic hydroxyl groups excluding tert-OH is 1. The monoisotopic (exact) mass is 353 g/mol. The standard InChI is InChI=1S/C12H13Cl2NO5S/c13-8-5-9(14)10(4-7(8)11(17)18)21(19,20)15-12(6-16)2-1-3-12/h4-5,15-16H,1-3,6H2,(H,17,18). The number of rotatable bonds is 5. The maximum absolute atomic E-state index is 12.4. The second-order valence-electron chi connectivity index (χ2n) is 4.97. The number of nitrogens with one attached hydrogen (secondary N) is 1. The van der Waals surface area contributed by atoms with E-state index >= 15 is 0 Å². The van der Waals surface area contributed by atoms with Crippen LogP contribution in [0.25, 0.3) is 0 Å². The van der Waals surface area contributed by atoms with Gasteiger partial charge in [-0.3, -0.25) is 0 Å². The zero-order chi connectivity index (χ0) is 15.8. The lowest BCUT2D eigenvalue weighted by molar-refractivity contribution is 0.0697. The van der Waals surface area contributed by atoms with Crippen LogP contribution < -0.4 is 4.72 Å². The van der Waals surface area contributed by atoms with E-state index in [1.807, 2.05) is 0 Å². The second kappa shape index (κ2) is 5.73. The maximum atomic E-state index is 12.4. The molecule has 0 amide bonds. The quantitative estimate of drug-likeness (QED) is 0.749. The summed E-state index contributed by atoms with van der Waals surface area (Å²) < 4.78 is 27.1. The number of carbonyl (C=O) groups is 1. The minimum atomic E-state index is -4.06. The van der Waals surface area contributed by atoms with Crippen molar-refractivity contribution in [3.05, 3.63) is 27.7 Å². The number of sulfonamides is 1. The number of carboxylic acids is 1. The summed E-state index contributed by atoms with van der Waals surface area (Å²) in [4.78, 5) is 10.7. The molecule has 9 heteroatoms. The second-order valence-corrected chi connectivity index (χ2v) is 7.43. The average molecular weight is 354 g/mol. The molecule has 0 aromatic heterocycles. The summed E-state index contributed by atoms with van der Waals surface area (Å²) in [6.45, 7) is -0.330. The summed E-state index contributed by atoms with van der Waals surface area (Å²) in [7, 11) is -4.06. The van der Waals surface area contributed by atoms with E-state index in [0.29, 0.717) is 12.8 Å². The molecule has 0 saturated heterocycles. The van der Waals surface area contributed by atoms with Crippen molar-refractivity contribution in [3.8, 4) is 0 Å². The van der Waals surface area contributed by atoms with Crippen LogP contribution in [0.1, 0.15) is 29.6 Å². The highest BCUT2D eigenvalue weighted by Crippen LogP contribution is 2.35. The van der Waals surface area contributed by atoms with Gasteiger partial charge in [-0.25, -0.2) is 17.9 Å². The first kappa shape index (κ1) is 16.5. The average Bonchev–Trinajstić information content (AvgIpc) is 2.33. The molecule has 0 bridgehead atoms. The fourth-order valence-electron chi connectivity index (χ4n) is 2.13. The predicted molar refractivity (Wildman–Crippen MR) is 77.4 cm³/mol. The van der Waals surface area contributed by atoms with Crippen molar-refractivity contribution in [2.75, 3.05) is 6.61 Å². The SMILES string of the molecule is O=C(O)c1cc(S(=O)(=O)NC2(CO)CCC2)c(Cl)cc1Cl. The van der Waals surface area contributed by atoms with E-state index < -0.39 is 21.5 Å². The van der Waals surface area contributed by atoms with Crippen molar-refractivity contribution in [1.82, 2.24) is 4.72 Å². The molecule has 6 nitrogen and oxygen atoms in total. The van der Waals surface area contributed by atoms with Gasteiger partial charge in [-0.2, -0.15) is 0 Å². The van der Waals surface area contributed by atoms with Gasteiger partial charge in [0, 0.05) is 0 Å². The van der Waals surface area contributed by atoms with Crippen molar-refractivity contribution in [2.24, 2.45) is 0 Å². The first-order chi connectivity index (χ1) is 9.71. The molecule has 1 aliphatic carbocycles. The molecule has 1 saturated carbocycles. The van der Waals surface area contributed by atoms with Crippen molar-refractivity contribution in [3.63, 3.8) is 0 Å². The predicted octanol–water partition coefficient (Wildman–Crippen LogP) is 1.88. The summed E-state index contributed by atoms with van der Waals surface area (Å²) in [5.74, 6) is -1.35. The Bertz CT molecular complexity index is 680. The molecule has 0 radical (unpaired) electrons. The molecular weight excluding hydrogens is 341 g/mol. The molecule has 1 aromatic carbocycles. The van der Waals surface area contributed by atoms with Gasteiger partial charge in [0.25, 0.3) is 0 Å². The minimum absolute atomic E-state index is 0.146. The molecule has 21 heavy (non-hydrogen) atoms. The highest BCUT2D eigenvalue weighted by atomic mass is 35.5. The van der Waals surface area contributed by atoms with Crippen LogP contribution in [-0.4, -0.2) is 36.7 Å². The van der Waals surface area contributed by atoms with Crippen LogP contribution in [0.2, 0.25) is 10.0 Å². The minimum Gasteiger partial charge on any atom is -0.478 e. The molecule has 3 N–H and O–H groups in total. The Morgan fingerprint density at radius 2 is 1.90 bits per heavy atom. The van der Waals surface area contributed by atoms with Gasteiger partial charge >= 0.3 is 5.97 Å². The third kappa shape index (κ3) is 3.17. The lowest BCUT2D eigenvalue weighted by Crippen LogP contribution is -2.56. The van der Waals surface area contributed by atoms with E-state index in [4.69, 9.17) is 28.3 Å². The number of hydrogen-bond donors (Lipinski definition) is 3. The normalized spacial score (nSPS) is 17.3. The topological polar surface area (TPSA) is 104 Å². The molecule has 1 aliphatic rings. The zero-order valence-electron chi connectivity index (χ0n) is 10.8. The lowest BCUT2D eigenvalue weighted by atomic mass is 9.78. The largest absolute Gasteiger partial charge is 0.478 e. The molecule has 0 aliphatic heterocycles. The van der Waals surface area contributed by atoms with E-state index in [-0.39, 0.29) is 27.1 Å². The highest BCUT2D eigenvalue weighted by Gasteiger charge is 2.41. The zero-order valence-corrected chi connectivity index (χ0v) is 13.1. The Kier molecular flexibility index (Phi) is 4.51. The number of aliphatic hydroxyl groups is 1. The Balaban J connectivity index is 2.45. The number of carboxylic acid groups (broad SMARTS) is 1. The van der Waals surface area contributed by atoms with Crippen molar-refractivity contribution in [2.45, 2.75) is 29.7 Å². The van der Waals surface area contributed by atoms with Crippen LogP contribution in [0.15, 0.2) is 17.0 Å². The van der Waals surface area contributed by atoms with Crippen molar-refractivity contribution in [1.29, 1.82) is 0 Å². The van der Waals surface area contributed by atoms with Crippen LogP contribution in [0.5, 0.6) is 0 Å². The Labute approximate surface area is 131 Å². The molecule has 0 atom stereocenters. The van der Waals surface area contributed by atoms with Crippen molar-refractivity contribution >= 4 is 39.2 Å². The van der Waals surface area contributed by atoms with E-state index in [1.165, 1.54) is 0 Å².